The maximum atomic E-state index is 13.5. The summed E-state index contributed by atoms with van der Waals surface area (Å²) in [5, 5.41) is 0. The minimum Gasteiger partial charge on any atom is -0.380 e. The predicted molar refractivity (Wildman–Crippen MR) is 68.3 cm³/mol. The van der Waals surface area contributed by atoms with Crippen LogP contribution in [-0.4, -0.2) is 22.8 Å². The average molecular weight is 302 g/mol. The molecule has 0 aliphatic heterocycles. The molecule has 2 rings (SSSR count). The van der Waals surface area contributed by atoms with Gasteiger partial charge < -0.3 is 15.0 Å². The minimum atomic E-state index is -0.324. The van der Waals surface area contributed by atoms with Gasteiger partial charge in [-0.25, -0.2) is 9.37 Å². The van der Waals surface area contributed by atoms with E-state index in [1.54, 1.807) is 10.6 Å². The van der Waals surface area contributed by atoms with Gasteiger partial charge in [-0.3, -0.25) is 0 Å². The van der Waals surface area contributed by atoms with Crippen molar-refractivity contribution in [1.29, 1.82) is 0 Å². The van der Waals surface area contributed by atoms with Crippen molar-refractivity contribution in [3.05, 3.63) is 22.4 Å². The van der Waals surface area contributed by atoms with Crippen molar-refractivity contribution in [2.45, 2.75) is 13.5 Å². The number of nitrogens with two attached hydrogens (primary N) is 1. The molecule has 0 fully saturated rings. The number of hydrogen-bond acceptors (Lipinski definition) is 3. The summed E-state index contributed by atoms with van der Waals surface area (Å²) in [7, 11) is 0. The number of halogens is 2. The first-order valence-corrected chi connectivity index (χ1v) is 6.11. The van der Waals surface area contributed by atoms with Gasteiger partial charge in [-0.1, -0.05) is 0 Å². The molecule has 1 aromatic carbocycles. The van der Waals surface area contributed by atoms with Gasteiger partial charge in [-0.15, -0.1) is 0 Å². The molecule has 0 aliphatic carbocycles. The molecular formula is C11H13BrFN3O. The number of aromatic nitrogens is 2. The fourth-order valence-corrected chi connectivity index (χ4v) is 2.01. The van der Waals surface area contributed by atoms with Gasteiger partial charge in [-0.2, -0.15) is 0 Å². The molecule has 1 aromatic heterocycles. The lowest BCUT2D eigenvalue weighted by molar-refractivity contribution is 0.140. The highest BCUT2D eigenvalue weighted by molar-refractivity contribution is 9.10. The zero-order valence-corrected chi connectivity index (χ0v) is 11.0. The summed E-state index contributed by atoms with van der Waals surface area (Å²) in [5.41, 5.74) is 7.15. The van der Waals surface area contributed by atoms with Crippen LogP contribution >= 0.6 is 15.9 Å². The number of imidazole rings is 1. The summed E-state index contributed by atoms with van der Waals surface area (Å²) in [6, 6.07) is 3.05. The van der Waals surface area contributed by atoms with E-state index in [9.17, 15) is 4.39 Å². The van der Waals surface area contributed by atoms with E-state index >= 15 is 0 Å². The molecule has 0 aliphatic rings. The van der Waals surface area contributed by atoms with Crippen LogP contribution in [0.1, 0.15) is 6.92 Å². The number of fused-ring (bicyclic) bond motifs is 1. The van der Waals surface area contributed by atoms with Crippen molar-refractivity contribution in [3.63, 3.8) is 0 Å². The Kier molecular flexibility index (Phi) is 3.63. The fraction of sp³-hybridized carbons (Fsp3) is 0.364. The molecule has 0 saturated heterocycles. The van der Waals surface area contributed by atoms with Crippen molar-refractivity contribution < 1.29 is 9.13 Å². The molecule has 6 heteroatoms. The summed E-state index contributed by atoms with van der Waals surface area (Å²) in [4.78, 5) is 4.18. The first kappa shape index (κ1) is 12.3. The van der Waals surface area contributed by atoms with Crippen LogP contribution < -0.4 is 5.73 Å². The van der Waals surface area contributed by atoms with E-state index in [-0.39, 0.29) is 5.82 Å². The number of hydrogen-bond donors (Lipinski definition) is 1. The van der Waals surface area contributed by atoms with Gasteiger partial charge in [0.2, 0.25) is 5.95 Å². The average Bonchev–Trinajstić information content (AvgIpc) is 2.57. The molecule has 1 heterocycles. The molecule has 0 saturated carbocycles. The molecule has 0 spiro atoms. The molecule has 2 N–H and O–H groups in total. The van der Waals surface area contributed by atoms with E-state index in [4.69, 9.17) is 10.5 Å². The topological polar surface area (TPSA) is 53.1 Å². The monoisotopic (exact) mass is 301 g/mol. The molecule has 0 radical (unpaired) electrons. The van der Waals surface area contributed by atoms with Crippen LogP contribution in [0.3, 0.4) is 0 Å². The Morgan fingerprint density at radius 2 is 2.29 bits per heavy atom. The molecule has 2 aromatic rings. The van der Waals surface area contributed by atoms with E-state index in [1.807, 2.05) is 6.92 Å². The van der Waals surface area contributed by atoms with Crippen LogP contribution in [0.2, 0.25) is 0 Å². The number of benzene rings is 1. The standard InChI is InChI=1S/C11H13BrFN3O/c1-2-17-4-3-16-10-6-8(13)7(12)5-9(10)15-11(16)14/h5-6H,2-4H2,1H3,(H2,14,15). The molecule has 92 valence electrons. The van der Waals surface area contributed by atoms with Crippen molar-refractivity contribution in [2.75, 3.05) is 18.9 Å². The van der Waals surface area contributed by atoms with Gasteiger partial charge in [0.15, 0.2) is 0 Å². The third-order valence-electron chi connectivity index (χ3n) is 2.48. The lowest BCUT2D eigenvalue weighted by Crippen LogP contribution is -2.08. The fourth-order valence-electron chi connectivity index (χ4n) is 1.67. The van der Waals surface area contributed by atoms with Crippen molar-refractivity contribution in [1.82, 2.24) is 9.55 Å². The molecule has 4 nitrogen and oxygen atoms in total. The second-order valence-electron chi connectivity index (χ2n) is 3.57. The maximum Gasteiger partial charge on any atom is 0.201 e. The smallest absolute Gasteiger partial charge is 0.201 e. The van der Waals surface area contributed by atoms with Crippen molar-refractivity contribution in [2.24, 2.45) is 0 Å². The van der Waals surface area contributed by atoms with Crippen LogP contribution in [0.5, 0.6) is 0 Å². The molecule has 0 unspecified atom stereocenters. The van der Waals surface area contributed by atoms with Crippen LogP contribution in [0.15, 0.2) is 16.6 Å². The number of nitrogens with zero attached hydrogens (tertiary/aromatic N) is 2. The van der Waals surface area contributed by atoms with Gasteiger partial charge in [-0.05, 0) is 28.9 Å². The Bertz CT molecular complexity index is 541. The van der Waals surface area contributed by atoms with Gasteiger partial charge in [0.05, 0.1) is 22.1 Å². The van der Waals surface area contributed by atoms with E-state index < -0.39 is 0 Å². The van der Waals surface area contributed by atoms with Crippen LogP contribution in [0.25, 0.3) is 11.0 Å². The maximum absolute atomic E-state index is 13.5. The van der Waals surface area contributed by atoms with E-state index in [1.165, 1.54) is 6.07 Å². The van der Waals surface area contributed by atoms with E-state index in [2.05, 4.69) is 20.9 Å². The number of ether oxygens (including phenoxy) is 1. The summed E-state index contributed by atoms with van der Waals surface area (Å²) < 4.78 is 20.9. The zero-order valence-electron chi connectivity index (χ0n) is 9.41. The normalized spacial score (nSPS) is 11.2. The highest BCUT2D eigenvalue weighted by atomic mass is 79.9. The van der Waals surface area contributed by atoms with Gasteiger partial charge >= 0.3 is 0 Å². The van der Waals surface area contributed by atoms with Crippen LogP contribution in [0.4, 0.5) is 10.3 Å². The Balaban J connectivity index is 2.40. The molecule has 17 heavy (non-hydrogen) atoms. The van der Waals surface area contributed by atoms with Crippen LogP contribution in [0, 0.1) is 5.82 Å². The Morgan fingerprint density at radius 3 is 3.00 bits per heavy atom. The van der Waals surface area contributed by atoms with E-state index in [0.717, 1.165) is 0 Å². The van der Waals surface area contributed by atoms with Gasteiger partial charge in [0.1, 0.15) is 5.82 Å². The third kappa shape index (κ3) is 2.42. The van der Waals surface area contributed by atoms with Gasteiger partial charge in [0.25, 0.3) is 0 Å². The Hall–Kier alpha value is -1.14. The Labute approximate surface area is 107 Å². The summed E-state index contributed by atoms with van der Waals surface area (Å²) >= 11 is 3.12. The molecular weight excluding hydrogens is 289 g/mol. The molecule has 0 bridgehead atoms. The second kappa shape index (κ2) is 5.01. The first-order chi connectivity index (χ1) is 8.13. The highest BCUT2D eigenvalue weighted by Gasteiger charge is 2.11. The predicted octanol–water partition coefficient (Wildman–Crippen LogP) is 2.56. The van der Waals surface area contributed by atoms with Gasteiger partial charge in [0, 0.05) is 19.2 Å². The summed E-state index contributed by atoms with van der Waals surface area (Å²) in [5.74, 6) is 0.0484. The highest BCUT2D eigenvalue weighted by Crippen LogP contribution is 2.24. The summed E-state index contributed by atoms with van der Waals surface area (Å²) in [6.07, 6.45) is 0. The number of rotatable bonds is 4. The largest absolute Gasteiger partial charge is 0.380 e. The van der Waals surface area contributed by atoms with Crippen LogP contribution in [-0.2, 0) is 11.3 Å². The second-order valence-corrected chi connectivity index (χ2v) is 4.43. The number of anilines is 1. The van der Waals surface area contributed by atoms with E-state index in [0.29, 0.717) is 41.2 Å². The molecule has 0 atom stereocenters. The lowest BCUT2D eigenvalue weighted by atomic mass is 10.3. The minimum absolute atomic E-state index is 0.324. The number of nitrogen functional groups attached to an aromatic ring is 1. The third-order valence-corrected chi connectivity index (χ3v) is 3.09. The lowest BCUT2D eigenvalue weighted by Gasteiger charge is -2.06. The zero-order chi connectivity index (χ0) is 12.4. The van der Waals surface area contributed by atoms with Crippen molar-refractivity contribution >= 4 is 32.9 Å². The van der Waals surface area contributed by atoms with Crippen molar-refractivity contribution in [3.8, 4) is 0 Å². The first-order valence-electron chi connectivity index (χ1n) is 5.32. The Morgan fingerprint density at radius 1 is 1.53 bits per heavy atom. The summed E-state index contributed by atoms with van der Waals surface area (Å²) in [6.45, 7) is 3.67. The quantitative estimate of drug-likeness (QED) is 0.883. The molecule has 0 amide bonds. The SMILES string of the molecule is CCOCCn1c(N)nc2cc(Br)c(F)cc21.